The van der Waals surface area contributed by atoms with Gasteiger partial charge in [-0.05, 0) is 30.9 Å². The fraction of sp³-hybridized carbons (Fsp3) is 0.455. The van der Waals surface area contributed by atoms with Crippen molar-refractivity contribution in [3.63, 3.8) is 0 Å². The van der Waals surface area contributed by atoms with Crippen LogP contribution in [0.1, 0.15) is 18.4 Å². The Morgan fingerprint density at radius 3 is 3.44 bits per heavy atom. The van der Waals surface area contributed by atoms with Crippen molar-refractivity contribution in [2.45, 2.75) is 23.8 Å². The van der Waals surface area contributed by atoms with Crippen LogP contribution in [0.4, 0.5) is 5.82 Å². The molecule has 0 spiro atoms. The van der Waals surface area contributed by atoms with E-state index in [0.717, 1.165) is 23.8 Å². The number of nitrogens with one attached hydrogen (secondary N) is 1. The van der Waals surface area contributed by atoms with Gasteiger partial charge in [0.15, 0.2) is 0 Å². The summed E-state index contributed by atoms with van der Waals surface area (Å²) in [6, 6.07) is 4.62. The van der Waals surface area contributed by atoms with Crippen LogP contribution in [0.25, 0.3) is 0 Å². The summed E-state index contributed by atoms with van der Waals surface area (Å²) in [7, 11) is 0. The van der Waals surface area contributed by atoms with Gasteiger partial charge in [-0.15, -0.1) is 0 Å². The fourth-order valence-corrected chi connectivity index (χ4v) is 3.21. The molecule has 1 aromatic heterocycles. The molecule has 1 atom stereocenters. The van der Waals surface area contributed by atoms with Crippen LogP contribution in [0.5, 0.6) is 0 Å². The predicted octanol–water partition coefficient (Wildman–Crippen LogP) is 1.53. The minimum absolute atomic E-state index is 0.564. The zero-order valence-electron chi connectivity index (χ0n) is 8.81. The van der Waals surface area contributed by atoms with E-state index in [1.165, 1.54) is 12.8 Å². The molecule has 2 aliphatic rings. The molecular weight excluding hydrogens is 220 g/mol. The quantitative estimate of drug-likeness (QED) is 0.687. The van der Waals surface area contributed by atoms with Gasteiger partial charge < -0.3 is 4.90 Å². The Labute approximate surface area is 98.8 Å². The number of nitriles is 1. The summed E-state index contributed by atoms with van der Waals surface area (Å²) in [4.78, 5) is 7.87. The topological polar surface area (TPSA) is 52.0 Å². The van der Waals surface area contributed by atoms with Gasteiger partial charge in [-0.1, -0.05) is 0 Å². The average Bonchev–Trinajstić information content (AvgIpc) is 2.71. The molecule has 2 aliphatic heterocycles. The van der Waals surface area contributed by atoms with E-state index in [4.69, 9.17) is 5.26 Å². The lowest BCUT2D eigenvalue weighted by atomic mass is 10.2. The third-order valence-corrected chi connectivity index (χ3v) is 3.94. The lowest BCUT2D eigenvalue weighted by molar-refractivity contribution is 0.655. The predicted molar refractivity (Wildman–Crippen MR) is 63.2 cm³/mol. The van der Waals surface area contributed by atoms with Crippen molar-refractivity contribution in [2.75, 3.05) is 18.0 Å². The van der Waals surface area contributed by atoms with Crippen LogP contribution < -0.4 is 9.62 Å². The number of aromatic nitrogens is 1. The van der Waals surface area contributed by atoms with Crippen molar-refractivity contribution in [3.05, 3.63) is 17.8 Å². The largest absolute Gasteiger partial charge is 0.351 e. The van der Waals surface area contributed by atoms with Crippen LogP contribution in [0.3, 0.4) is 0 Å². The molecule has 3 rings (SSSR count). The molecular formula is C11H12N4S. The van der Waals surface area contributed by atoms with Crippen LogP contribution in [0, 0.1) is 11.3 Å². The molecule has 1 unspecified atom stereocenters. The average molecular weight is 232 g/mol. The number of hydrogen-bond donors (Lipinski definition) is 1. The number of pyridine rings is 1. The molecule has 0 amide bonds. The monoisotopic (exact) mass is 232 g/mol. The Bertz CT molecular complexity index is 454. The molecule has 1 N–H and O–H groups in total. The Hall–Kier alpha value is -1.25. The number of fused-ring (bicyclic) bond motifs is 3. The van der Waals surface area contributed by atoms with Crippen LogP contribution in [-0.2, 0) is 0 Å². The molecule has 0 aliphatic carbocycles. The Kier molecular flexibility index (Phi) is 2.46. The summed E-state index contributed by atoms with van der Waals surface area (Å²) in [5, 5.41) is 8.86. The first-order valence-corrected chi connectivity index (χ1v) is 6.26. The minimum atomic E-state index is 0.564. The summed E-state index contributed by atoms with van der Waals surface area (Å²) < 4.78 is 3.35. The first-order valence-electron chi connectivity index (χ1n) is 5.45. The summed E-state index contributed by atoms with van der Waals surface area (Å²) in [5.74, 6) is 1.04. The Morgan fingerprint density at radius 1 is 1.62 bits per heavy atom. The fourth-order valence-electron chi connectivity index (χ4n) is 2.33. The van der Waals surface area contributed by atoms with E-state index in [0.29, 0.717) is 11.6 Å². The second-order valence-electron chi connectivity index (χ2n) is 4.10. The van der Waals surface area contributed by atoms with Gasteiger partial charge in [0.1, 0.15) is 11.9 Å². The number of rotatable bonds is 0. The zero-order valence-corrected chi connectivity index (χ0v) is 9.63. The van der Waals surface area contributed by atoms with Gasteiger partial charge in [0.05, 0.1) is 10.5 Å². The summed E-state index contributed by atoms with van der Waals surface area (Å²) in [5.41, 5.74) is 0.630. The molecule has 1 saturated heterocycles. The maximum Gasteiger partial charge on any atom is 0.143 e. The third kappa shape index (κ3) is 1.55. The van der Waals surface area contributed by atoms with E-state index >= 15 is 0 Å². The highest BCUT2D eigenvalue weighted by Gasteiger charge is 2.29. The van der Waals surface area contributed by atoms with Crippen molar-refractivity contribution in [1.29, 1.82) is 5.26 Å². The SMILES string of the molecule is N#Cc1cnc2c(c1)SNCC1CCCN21. The second kappa shape index (κ2) is 3.96. The minimum Gasteiger partial charge on any atom is -0.351 e. The molecule has 1 aromatic rings. The van der Waals surface area contributed by atoms with E-state index in [1.54, 1.807) is 18.1 Å². The van der Waals surface area contributed by atoms with Crippen LogP contribution >= 0.6 is 11.9 Å². The van der Waals surface area contributed by atoms with E-state index in [-0.39, 0.29) is 0 Å². The lowest BCUT2D eigenvalue weighted by Gasteiger charge is -2.23. The highest BCUT2D eigenvalue weighted by Crippen LogP contribution is 2.34. The molecule has 0 saturated carbocycles. The van der Waals surface area contributed by atoms with Crippen molar-refractivity contribution < 1.29 is 0 Å². The van der Waals surface area contributed by atoms with Crippen molar-refractivity contribution in [1.82, 2.24) is 9.71 Å². The van der Waals surface area contributed by atoms with E-state index in [2.05, 4.69) is 20.7 Å². The van der Waals surface area contributed by atoms with Crippen molar-refractivity contribution in [3.8, 4) is 6.07 Å². The normalized spacial score (nSPS) is 23.2. The maximum absolute atomic E-state index is 8.86. The van der Waals surface area contributed by atoms with E-state index < -0.39 is 0 Å². The highest BCUT2D eigenvalue weighted by molar-refractivity contribution is 7.97. The smallest absolute Gasteiger partial charge is 0.143 e. The molecule has 16 heavy (non-hydrogen) atoms. The molecule has 0 aromatic carbocycles. The molecule has 0 radical (unpaired) electrons. The van der Waals surface area contributed by atoms with Crippen molar-refractivity contribution in [2.24, 2.45) is 0 Å². The third-order valence-electron chi connectivity index (χ3n) is 3.11. The summed E-state index contributed by atoms with van der Waals surface area (Å²) in [6.07, 6.45) is 4.13. The Morgan fingerprint density at radius 2 is 2.56 bits per heavy atom. The molecule has 0 bridgehead atoms. The first kappa shape index (κ1) is 9.94. The van der Waals surface area contributed by atoms with Gasteiger partial charge in [-0.25, -0.2) is 4.98 Å². The van der Waals surface area contributed by atoms with Gasteiger partial charge in [-0.2, -0.15) is 5.26 Å². The van der Waals surface area contributed by atoms with Gasteiger partial charge in [0, 0.05) is 25.3 Å². The zero-order chi connectivity index (χ0) is 11.0. The second-order valence-corrected chi connectivity index (χ2v) is 5.03. The van der Waals surface area contributed by atoms with Gasteiger partial charge in [-0.3, -0.25) is 4.72 Å². The lowest BCUT2D eigenvalue weighted by Crippen LogP contribution is -2.34. The van der Waals surface area contributed by atoms with Crippen molar-refractivity contribution >= 4 is 17.8 Å². The van der Waals surface area contributed by atoms with Gasteiger partial charge >= 0.3 is 0 Å². The van der Waals surface area contributed by atoms with Crippen LogP contribution in [-0.4, -0.2) is 24.1 Å². The first-order chi connectivity index (χ1) is 7.88. The molecule has 3 heterocycles. The summed E-state index contributed by atoms with van der Waals surface area (Å²) >= 11 is 1.59. The Balaban J connectivity index is 2.05. The standard InChI is InChI=1S/C11H12N4S/c12-5-8-4-10-11(13-6-8)15-3-1-2-9(15)7-14-16-10/h4,6,9,14H,1-3,7H2. The van der Waals surface area contributed by atoms with E-state index in [9.17, 15) is 0 Å². The number of nitrogens with zero attached hydrogens (tertiary/aromatic N) is 3. The van der Waals surface area contributed by atoms with Crippen LogP contribution in [0.15, 0.2) is 17.2 Å². The number of anilines is 1. The van der Waals surface area contributed by atoms with Gasteiger partial charge in [0.25, 0.3) is 0 Å². The molecule has 4 nitrogen and oxygen atoms in total. The molecule has 82 valence electrons. The molecule has 5 heteroatoms. The highest BCUT2D eigenvalue weighted by atomic mass is 32.2. The maximum atomic E-state index is 8.86. The summed E-state index contributed by atoms with van der Waals surface area (Å²) in [6.45, 7) is 2.07. The van der Waals surface area contributed by atoms with E-state index in [1.807, 2.05) is 6.07 Å². The number of hydrogen-bond acceptors (Lipinski definition) is 5. The molecule has 1 fully saturated rings. The van der Waals surface area contributed by atoms with Crippen LogP contribution in [0.2, 0.25) is 0 Å². The van der Waals surface area contributed by atoms with Gasteiger partial charge in [0.2, 0.25) is 0 Å².